The van der Waals surface area contributed by atoms with Crippen LogP contribution >= 0.6 is 0 Å². The first-order valence-electron chi connectivity index (χ1n) is 8.62. The van der Waals surface area contributed by atoms with E-state index in [1.54, 1.807) is 6.07 Å². The third kappa shape index (κ3) is 4.55. The van der Waals surface area contributed by atoms with E-state index in [1.165, 1.54) is 11.0 Å². The fourth-order valence-corrected chi connectivity index (χ4v) is 3.30. The van der Waals surface area contributed by atoms with E-state index in [0.717, 1.165) is 18.6 Å². The molecule has 0 saturated carbocycles. The Bertz CT molecular complexity index is 672. The normalized spacial score (nSPS) is 23.5. The number of alkyl halides is 3. The van der Waals surface area contributed by atoms with Crippen LogP contribution in [-0.4, -0.2) is 43.0 Å². The quantitative estimate of drug-likeness (QED) is 0.865. The summed E-state index contributed by atoms with van der Waals surface area (Å²) in [5.74, 6) is -0.559. The van der Waals surface area contributed by atoms with Crippen LogP contribution in [0.3, 0.4) is 0 Å². The highest BCUT2D eigenvalue weighted by molar-refractivity contribution is 5.89. The van der Waals surface area contributed by atoms with Gasteiger partial charge in [-0.05, 0) is 24.1 Å². The summed E-state index contributed by atoms with van der Waals surface area (Å²) in [6.45, 7) is 2.15. The molecule has 5 nitrogen and oxygen atoms in total. The van der Waals surface area contributed by atoms with E-state index >= 15 is 0 Å². The number of likely N-dealkylation sites (tertiary alicyclic amines) is 1. The molecule has 3 rings (SSSR count). The Morgan fingerprint density at radius 3 is 2.85 bits per heavy atom. The molecule has 1 N–H and O–H groups in total. The van der Waals surface area contributed by atoms with Gasteiger partial charge in [-0.25, -0.2) is 0 Å². The van der Waals surface area contributed by atoms with Crippen molar-refractivity contribution in [1.29, 1.82) is 0 Å². The Morgan fingerprint density at radius 1 is 1.35 bits per heavy atom. The van der Waals surface area contributed by atoms with Crippen molar-refractivity contribution in [2.24, 2.45) is 11.8 Å². The lowest BCUT2D eigenvalue weighted by atomic mass is 10.1. The molecule has 0 radical (unpaired) electrons. The van der Waals surface area contributed by atoms with Gasteiger partial charge in [-0.3, -0.25) is 9.59 Å². The average molecular weight is 370 g/mol. The van der Waals surface area contributed by atoms with Gasteiger partial charge in [0.2, 0.25) is 11.8 Å². The second kappa shape index (κ2) is 7.65. The number of rotatable bonds is 5. The van der Waals surface area contributed by atoms with E-state index in [-0.39, 0.29) is 31.3 Å². The average Bonchev–Trinajstić information content (AvgIpc) is 3.23. The van der Waals surface area contributed by atoms with Crippen molar-refractivity contribution in [3.63, 3.8) is 0 Å². The number of ether oxygens (including phenoxy) is 1. The number of hydrogen-bond donors (Lipinski definition) is 1. The van der Waals surface area contributed by atoms with E-state index < -0.39 is 17.7 Å². The highest BCUT2D eigenvalue weighted by Crippen LogP contribution is 2.30. The van der Waals surface area contributed by atoms with E-state index in [2.05, 4.69) is 5.32 Å². The molecule has 2 saturated heterocycles. The molecule has 2 atom stereocenters. The first kappa shape index (κ1) is 18.7. The van der Waals surface area contributed by atoms with Crippen LogP contribution in [0.5, 0.6) is 0 Å². The third-order valence-corrected chi connectivity index (χ3v) is 4.80. The van der Waals surface area contributed by atoms with E-state index in [4.69, 9.17) is 4.74 Å². The molecule has 2 amide bonds. The molecule has 0 aromatic heterocycles. The molecule has 1 aromatic rings. The van der Waals surface area contributed by atoms with Gasteiger partial charge in [-0.1, -0.05) is 12.1 Å². The lowest BCUT2D eigenvalue weighted by molar-refractivity contribution is -0.137. The first-order valence-corrected chi connectivity index (χ1v) is 8.62. The van der Waals surface area contributed by atoms with Gasteiger partial charge >= 0.3 is 6.18 Å². The standard InChI is InChI=1S/C18H21F3N2O3/c19-18(20,21)15-3-1-2-12(6-15)9-23-10-14(7-16(23)24)17(25)22-8-13-4-5-26-11-13/h1-3,6,13-14H,4-5,7-11H2,(H,22,25)/t13-,14-/m0/s1. The van der Waals surface area contributed by atoms with Gasteiger partial charge in [-0.2, -0.15) is 13.2 Å². The predicted octanol–water partition coefficient (Wildman–Crippen LogP) is 2.21. The monoisotopic (exact) mass is 370 g/mol. The Kier molecular flexibility index (Phi) is 5.50. The van der Waals surface area contributed by atoms with Gasteiger partial charge in [0.1, 0.15) is 0 Å². The third-order valence-electron chi connectivity index (χ3n) is 4.80. The number of amides is 2. The van der Waals surface area contributed by atoms with Crippen LogP contribution in [0.2, 0.25) is 0 Å². The van der Waals surface area contributed by atoms with Gasteiger partial charge in [0.15, 0.2) is 0 Å². The van der Waals surface area contributed by atoms with Crippen LogP contribution in [0.4, 0.5) is 13.2 Å². The van der Waals surface area contributed by atoms with Crippen molar-refractivity contribution in [3.05, 3.63) is 35.4 Å². The van der Waals surface area contributed by atoms with Crippen molar-refractivity contribution in [2.45, 2.75) is 25.6 Å². The highest BCUT2D eigenvalue weighted by Gasteiger charge is 2.35. The predicted molar refractivity (Wildman–Crippen MR) is 86.9 cm³/mol. The number of nitrogens with one attached hydrogen (secondary N) is 1. The summed E-state index contributed by atoms with van der Waals surface area (Å²) in [5, 5.41) is 2.85. The second-order valence-electron chi connectivity index (χ2n) is 6.85. The van der Waals surface area contributed by atoms with Crippen molar-refractivity contribution < 1.29 is 27.5 Å². The zero-order valence-electron chi connectivity index (χ0n) is 14.2. The summed E-state index contributed by atoms with van der Waals surface area (Å²) in [4.78, 5) is 25.8. The molecule has 26 heavy (non-hydrogen) atoms. The van der Waals surface area contributed by atoms with Crippen LogP contribution < -0.4 is 5.32 Å². The van der Waals surface area contributed by atoms with E-state index in [1.807, 2.05) is 0 Å². The molecule has 2 fully saturated rings. The van der Waals surface area contributed by atoms with E-state index in [0.29, 0.717) is 31.2 Å². The summed E-state index contributed by atoms with van der Waals surface area (Å²) in [6, 6.07) is 4.92. The Hall–Kier alpha value is -2.09. The maximum absolute atomic E-state index is 12.8. The van der Waals surface area contributed by atoms with Crippen molar-refractivity contribution in [3.8, 4) is 0 Å². The summed E-state index contributed by atoms with van der Waals surface area (Å²) >= 11 is 0. The Labute approximate surface area is 149 Å². The molecule has 8 heteroatoms. The number of hydrogen-bond acceptors (Lipinski definition) is 3. The number of benzene rings is 1. The van der Waals surface area contributed by atoms with Crippen LogP contribution in [-0.2, 0) is 27.0 Å². The van der Waals surface area contributed by atoms with Crippen molar-refractivity contribution in [1.82, 2.24) is 10.2 Å². The number of halogens is 3. The molecular weight excluding hydrogens is 349 g/mol. The molecule has 1 aromatic carbocycles. The van der Waals surface area contributed by atoms with Crippen molar-refractivity contribution >= 4 is 11.8 Å². The minimum atomic E-state index is -4.42. The van der Waals surface area contributed by atoms with Gasteiger partial charge in [0.25, 0.3) is 0 Å². The van der Waals surface area contributed by atoms with Crippen molar-refractivity contribution in [2.75, 3.05) is 26.3 Å². The summed E-state index contributed by atoms with van der Waals surface area (Å²) in [5.41, 5.74) is -0.341. The number of carbonyl (C=O) groups is 2. The highest BCUT2D eigenvalue weighted by atomic mass is 19.4. The summed E-state index contributed by atoms with van der Waals surface area (Å²) in [7, 11) is 0. The molecule has 0 spiro atoms. The van der Waals surface area contributed by atoms with E-state index in [9.17, 15) is 22.8 Å². The largest absolute Gasteiger partial charge is 0.416 e. The van der Waals surface area contributed by atoms with Gasteiger partial charge in [0, 0.05) is 38.6 Å². The molecule has 0 unspecified atom stereocenters. The fraction of sp³-hybridized carbons (Fsp3) is 0.556. The molecule has 2 aliphatic rings. The lowest BCUT2D eigenvalue weighted by Crippen LogP contribution is -2.36. The number of carbonyl (C=O) groups excluding carboxylic acids is 2. The summed E-state index contributed by atoms with van der Waals surface area (Å²) in [6.07, 6.45) is -3.42. The summed E-state index contributed by atoms with van der Waals surface area (Å²) < 4.78 is 43.6. The zero-order valence-corrected chi connectivity index (χ0v) is 14.2. The smallest absolute Gasteiger partial charge is 0.381 e. The molecule has 2 heterocycles. The molecule has 0 bridgehead atoms. The molecule has 0 aliphatic carbocycles. The van der Waals surface area contributed by atoms with Gasteiger partial charge < -0.3 is 15.0 Å². The topological polar surface area (TPSA) is 58.6 Å². The van der Waals surface area contributed by atoms with Crippen LogP contribution in [0.25, 0.3) is 0 Å². The zero-order chi connectivity index (χ0) is 18.7. The number of nitrogens with zero attached hydrogens (tertiary/aromatic N) is 1. The van der Waals surface area contributed by atoms with Gasteiger partial charge in [0.05, 0.1) is 18.1 Å². The molecular formula is C18H21F3N2O3. The second-order valence-corrected chi connectivity index (χ2v) is 6.85. The first-order chi connectivity index (χ1) is 12.3. The fourth-order valence-electron chi connectivity index (χ4n) is 3.30. The SMILES string of the molecule is O=C(NC[C@@H]1CCOC1)[C@H]1CC(=O)N(Cc2cccc(C(F)(F)F)c2)C1. The molecule has 142 valence electrons. The maximum atomic E-state index is 12.8. The minimum absolute atomic E-state index is 0.0724. The van der Waals surface area contributed by atoms with Crippen LogP contribution in [0.1, 0.15) is 24.0 Å². The lowest BCUT2D eigenvalue weighted by Gasteiger charge is -2.18. The Balaban J connectivity index is 1.55. The minimum Gasteiger partial charge on any atom is -0.381 e. The van der Waals surface area contributed by atoms with Crippen LogP contribution in [0, 0.1) is 11.8 Å². The molecule has 2 aliphatic heterocycles. The van der Waals surface area contributed by atoms with Gasteiger partial charge in [-0.15, -0.1) is 0 Å². The van der Waals surface area contributed by atoms with Crippen LogP contribution in [0.15, 0.2) is 24.3 Å². The maximum Gasteiger partial charge on any atom is 0.416 e. The Morgan fingerprint density at radius 2 is 2.15 bits per heavy atom.